The summed E-state index contributed by atoms with van der Waals surface area (Å²) in [5, 5.41) is 10.4. The summed E-state index contributed by atoms with van der Waals surface area (Å²) in [5.41, 5.74) is 6.29. The van der Waals surface area contributed by atoms with E-state index in [1.807, 2.05) is 30.3 Å². The minimum Gasteiger partial charge on any atom is -0.384 e. The van der Waals surface area contributed by atoms with Crippen molar-refractivity contribution < 1.29 is 0 Å². The molecule has 4 heteroatoms. The first-order valence-corrected chi connectivity index (χ1v) is 5.03. The second-order valence-corrected chi connectivity index (χ2v) is 3.64. The van der Waals surface area contributed by atoms with Gasteiger partial charge in [-0.15, -0.1) is 0 Å². The summed E-state index contributed by atoms with van der Waals surface area (Å²) < 4.78 is 0. The lowest BCUT2D eigenvalue weighted by atomic mass is 10.3. The summed E-state index contributed by atoms with van der Waals surface area (Å²) in [4.78, 5) is 0. The molecule has 4 N–H and O–H groups in total. The highest BCUT2D eigenvalue weighted by Crippen LogP contribution is 2.05. The van der Waals surface area contributed by atoms with Gasteiger partial charge in [-0.05, 0) is 12.1 Å². The Bertz CT molecular complexity index is 261. The van der Waals surface area contributed by atoms with E-state index in [-0.39, 0.29) is 5.17 Å². The Kier molecular flexibility index (Phi) is 4.18. The number of benzene rings is 1. The molecule has 0 aliphatic rings. The number of thioether (sulfide) groups is 1. The van der Waals surface area contributed by atoms with Crippen LogP contribution in [0.4, 0.5) is 5.69 Å². The molecule has 70 valence electrons. The second kappa shape index (κ2) is 5.48. The number of nitrogens with one attached hydrogen (secondary N) is 2. The fraction of sp³-hybridized carbons (Fsp3) is 0.222. The second-order valence-electron chi connectivity index (χ2n) is 2.51. The zero-order valence-electron chi connectivity index (χ0n) is 7.29. The predicted molar refractivity (Wildman–Crippen MR) is 59.3 cm³/mol. The predicted octanol–water partition coefficient (Wildman–Crippen LogP) is 1.73. The molecule has 0 spiro atoms. The van der Waals surface area contributed by atoms with Crippen LogP contribution in [0.2, 0.25) is 0 Å². The minimum atomic E-state index is 0.176. The Morgan fingerprint density at radius 2 is 2.08 bits per heavy atom. The van der Waals surface area contributed by atoms with Crippen LogP contribution in [-0.2, 0) is 0 Å². The largest absolute Gasteiger partial charge is 0.384 e. The topological polar surface area (TPSA) is 61.9 Å². The number of hydrogen-bond acceptors (Lipinski definition) is 3. The van der Waals surface area contributed by atoms with Crippen molar-refractivity contribution in [2.45, 2.75) is 0 Å². The van der Waals surface area contributed by atoms with E-state index in [0.717, 1.165) is 18.0 Å². The summed E-state index contributed by atoms with van der Waals surface area (Å²) in [7, 11) is 0. The molecule has 0 unspecified atom stereocenters. The van der Waals surface area contributed by atoms with E-state index in [2.05, 4.69) is 5.32 Å². The average Bonchev–Trinajstić information content (AvgIpc) is 2.14. The van der Waals surface area contributed by atoms with Gasteiger partial charge in [0.25, 0.3) is 0 Å². The molecule has 0 aliphatic heterocycles. The normalized spacial score (nSPS) is 9.54. The summed E-state index contributed by atoms with van der Waals surface area (Å²) in [6, 6.07) is 9.98. The minimum absolute atomic E-state index is 0.176. The number of anilines is 1. The van der Waals surface area contributed by atoms with Gasteiger partial charge in [0, 0.05) is 18.0 Å². The molecule has 0 fully saturated rings. The lowest BCUT2D eigenvalue weighted by Gasteiger charge is -2.04. The molecule has 0 atom stereocenters. The van der Waals surface area contributed by atoms with E-state index in [0.29, 0.717) is 0 Å². The van der Waals surface area contributed by atoms with Gasteiger partial charge in [-0.3, -0.25) is 5.41 Å². The van der Waals surface area contributed by atoms with Gasteiger partial charge >= 0.3 is 0 Å². The Morgan fingerprint density at radius 1 is 1.38 bits per heavy atom. The maximum absolute atomic E-state index is 6.99. The number of nitrogens with two attached hydrogens (primary N) is 1. The van der Waals surface area contributed by atoms with Gasteiger partial charge in [0.2, 0.25) is 0 Å². The summed E-state index contributed by atoms with van der Waals surface area (Å²) in [6.07, 6.45) is 0. The van der Waals surface area contributed by atoms with Crippen LogP contribution < -0.4 is 11.1 Å². The molecule has 13 heavy (non-hydrogen) atoms. The van der Waals surface area contributed by atoms with E-state index < -0.39 is 0 Å². The lowest BCUT2D eigenvalue weighted by Crippen LogP contribution is -2.10. The van der Waals surface area contributed by atoms with Crippen molar-refractivity contribution in [3.05, 3.63) is 30.3 Å². The Hall–Kier alpha value is -1.16. The third-order valence-electron chi connectivity index (χ3n) is 1.46. The van der Waals surface area contributed by atoms with Gasteiger partial charge in [0.1, 0.15) is 0 Å². The van der Waals surface area contributed by atoms with E-state index in [1.54, 1.807) is 0 Å². The van der Waals surface area contributed by atoms with Crippen LogP contribution in [0, 0.1) is 5.41 Å². The molecule has 3 nitrogen and oxygen atoms in total. The van der Waals surface area contributed by atoms with Gasteiger partial charge in [-0.25, -0.2) is 0 Å². The van der Waals surface area contributed by atoms with E-state index in [1.165, 1.54) is 11.8 Å². The molecular weight excluding hydrogens is 182 g/mol. The highest BCUT2D eigenvalue weighted by molar-refractivity contribution is 8.13. The maximum Gasteiger partial charge on any atom is 0.151 e. The van der Waals surface area contributed by atoms with Crippen molar-refractivity contribution in [3.8, 4) is 0 Å². The van der Waals surface area contributed by atoms with Crippen LogP contribution in [0.25, 0.3) is 0 Å². The Morgan fingerprint density at radius 3 is 2.69 bits per heavy atom. The van der Waals surface area contributed by atoms with Crippen LogP contribution in [-0.4, -0.2) is 17.5 Å². The quantitative estimate of drug-likeness (QED) is 0.389. The first-order valence-electron chi connectivity index (χ1n) is 4.05. The number of hydrogen-bond donors (Lipinski definition) is 3. The van der Waals surface area contributed by atoms with Gasteiger partial charge < -0.3 is 11.1 Å². The third-order valence-corrected chi connectivity index (χ3v) is 2.18. The van der Waals surface area contributed by atoms with Crippen molar-refractivity contribution in [2.75, 3.05) is 17.6 Å². The Balaban J connectivity index is 2.17. The summed E-state index contributed by atoms with van der Waals surface area (Å²) in [5.74, 6) is 0.824. The van der Waals surface area contributed by atoms with Gasteiger partial charge in [-0.1, -0.05) is 30.0 Å². The van der Waals surface area contributed by atoms with Crippen molar-refractivity contribution in [3.63, 3.8) is 0 Å². The van der Waals surface area contributed by atoms with Crippen molar-refractivity contribution in [2.24, 2.45) is 5.73 Å². The van der Waals surface area contributed by atoms with Gasteiger partial charge in [0.05, 0.1) is 0 Å². The first-order chi connectivity index (χ1) is 6.29. The molecule has 0 heterocycles. The average molecular weight is 195 g/mol. The zero-order valence-corrected chi connectivity index (χ0v) is 8.10. The highest BCUT2D eigenvalue weighted by atomic mass is 32.2. The van der Waals surface area contributed by atoms with Crippen LogP contribution >= 0.6 is 11.8 Å². The molecule has 0 bridgehead atoms. The maximum atomic E-state index is 6.99. The van der Waals surface area contributed by atoms with Crippen molar-refractivity contribution >= 4 is 22.6 Å². The van der Waals surface area contributed by atoms with Crippen LogP contribution in [0.3, 0.4) is 0 Å². The summed E-state index contributed by atoms with van der Waals surface area (Å²) in [6.45, 7) is 0.828. The molecular formula is C9H13N3S. The first kappa shape index (κ1) is 9.92. The number of amidine groups is 1. The van der Waals surface area contributed by atoms with Crippen LogP contribution in [0.5, 0.6) is 0 Å². The molecule has 0 saturated carbocycles. The molecule has 1 aromatic carbocycles. The third kappa shape index (κ3) is 4.42. The lowest BCUT2D eigenvalue weighted by molar-refractivity contribution is 1.23. The monoisotopic (exact) mass is 195 g/mol. The van der Waals surface area contributed by atoms with Crippen LogP contribution in [0.1, 0.15) is 0 Å². The standard InChI is InChI=1S/C9H13N3S/c10-9(11)13-7-6-12-8-4-2-1-3-5-8/h1-5,12H,6-7H2,(H3,10,11). The molecule has 0 saturated heterocycles. The number of para-hydroxylation sites is 1. The van der Waals surface area contributed by atoms with Crippen LogP contribution in [0.15, 0.2) is 30.3 Å². The Labute approximate surface area is 82.2 Å². The van der Waals surface area contributed by atoms with E-state index >= 15 is 0 Å². The molecule has 0 radical (unpaired) electrons. The SMILES string of the molecule is N=C(N)SCCNc1ccccc1. The van der Waals surface area contributed by atoms with Gasteiger partial charge in [0.15, 0.2) is 5.17 Å². The molecule has 1 aromatic rings. The zero-order chi connectivity index (χ0) is 9.52. The smallest absolute Gasteiger partial charge is 0.151 e. The number of rotatable bonds is 4. The molecule has 0 amide bonds. The summed E-state index contributed by atoms with van der Waals surface area (Å²) >= 11 is 1.35. The van der Waals surface area contributed by atoms with Gasteiger partial charge in [-0.2, -0.15) is 0 Å². The fourth-order valence-electron chi connectivity index (χ4n) is 0.912. The fourth-order valence-corrected chi connectivity index (χ4v) is 1.34. The van der Waals surface area contributed by atoms with E-state index in [9.17, 15) is 0 Å². The highest BCUT2D eigenvalue weighted by Gasteiger charge is 1.91. The van der Waals surface area contributed by atoms with Crippen molar-refractivity contribution in [1.82, 2.24) is 0 Å². The van der Waals surface area contributed by atoms with Crippen molar-refractivity contribution in [1.29, 1.82) is 5.41 Å². The molecule has 0 aromatic heterocycles. The molecule has 0 aliphatic carbocycles. The molecule has 1 rings (SSSR count). The van der Waals surface area contributed by atoms with E-state index in [4.69, 9.17) is 11.1 Å².